The van der Waals surface area contributed by atoms with Gasteiger partial charge in [0.2, 0.25) is 5.91 Å². The first-order valence-corrected chi connectivity index (χ1v) is 8.58. The van der Waals surface area contributed by atoms with Crippen molar-refractivity contribution in [2.24, 2.45) is 5.41 Å². The smallest absolute Gasteiger partial charge is 0.274 e. The summed E-state index contributed by atoms with van der Waals surface area (Å²) in [6.45, 7) is 1.89. The molecule has 2 heterocycles. The predicted molar refractivity (Wildman–Crippen MR) is 90.5 cm³/mol. The molecule has 1 aliphatic carbocycles. The number of carbonyl (C=O) groups is 2. The van der Waals surface area contributed by atoms with Gasteiger partial charge < -0.3 is 9.64 Å². The van der Waals surface area contributed by atoms with E-state index in [-0.39, 0.29) is 11.3 Å². The van der Waals surface area contributed by atoms with Crippen LogP contribution in [0, 0.1) is 5.41 Å². The van der Waals surface area contributed by atoms with Crippen LogP contribution in [-0.4, -0.2) is 44.9 Å². The Hall–Kier alpha value is -2.87. The maximum absolute atomic E-state index is 13.1. The molecule has 0 unspecified atom stereocenters. The van der Waals surface area contributed by atoms with E-state index in [0.29, 0.717) is 37.6 Å². The zero-order chi connectivity index (χ0) is 18.1. The van der Waals surface area contributed by atoms with Crippen molar-refractivity contribution in [1.82, 2.24) is 20.2 Å². The SMILES string of the molecule is O=C(NO)c1ccc2c(c1)OCCN(C(=O)C1(Cn3cccn3)CC1)C2. The monoisotopic (exact) mass is 356 g/mol. The van der Waals surface area contributed by atoms with E-state index in [0.717, 1.165) is 18.4 Å². The Balaban J connectivity index is 1.52. The number of amides is 2. The number of fused-ring (bicyclic) bond motifs is 1. The fraction of sp³-hybridized carbons (Fsp3) is 0.389. The van der Waals surface area contributed by atoms with E-state index in [2.05, 4.69) is 5.10 Å². The molecule has 1 aromatic heterocycles. The van der Waals surface area contributed by atoms with Gasteiger partial charge in [-0.2, -0.15) is 5.10 Å². The molecular weight excluding hydrogens is 336 g/mol. The Kier molecular flexibility index (Phi) is 4.12. The number of hydrogen-bond donors (Lipinski definition) is 2. The summed E-state index contributed by atoms with van der Waals surface area (Å²) in [4.78, 5) is 26.5. The summed E-state index contributed by atoms with van der Waals surface area (Å²) in [5.74, 6) is 0.102. The Morgan fingerprint density at radius 1 is 1.35 bits per heavy atom. The van der Waals surface area contributed by atoms with Crippen LogP contribution in [0.2, 0.25) is 0 Å². The van der Waals surface area contributed by atoms with E-state index in [1.807, 2.05) is 21.8 Å². The zero-order valence-electron chi connectivity index (χ0n) is 14.2. The van der Waals surface area contributed by atoms with Gasteiger partial charge >= 0.3 is 0 Å². The van der Waals surface area contributed by atoms with Crippen molar-refractivity contribution in [3.05, 3.63) is 47.8 Å². The minimum atomic E-state index is -0.593. The molecule has 2 amide bonds. The summed E-state index contributed by atoms with van der Waals surface area (Å²) in [5, 5.41) is 13.0. The second kappa shape index (κ2) is 6.45. The fourth-order valence-electron chi connectivity index (χ4n) is 3.38. The summed E-state index contributed by atoms with van der Waals surface area (Å²) in [6.07, 6.45) is 5.33. The van der Waals surface area contributed by atoms with Gasteiger partial charge in [-0.15, -0.1) is 0 Å². The summed E-state index contributed by atoms with van der Waals surface area (Å²) < 4.78 is 7.54. The molecule has 0 atom stereocenters. The molecule has 1 aliphatic heterocycles. The van der Waals surface area contributed by atoms with Crippen molar-refractivity contribution < 1.29 is 19.5 Å². The molecule has 1 saturated carbocycles. The Labute approximate surface area is 150 Å². The molecule has 1 fully saturated rings. The van der Waals surface area contributed by atoms with E-state index in [1.165, 1.54) is 0 Å². The van der Waals surface area contributed by atoms with Crippen LogP contribution in [0.15, 0.2) is 36.7 Å². The fourth-order valence-corrected chi connectivity index (χ4v) is 3.38. The Morgan fingerprint density at radius 2 is 2.19 bits per heavy atom. The molecule has 2 aromatic rings. The molecule has 8 nitrogen and oxygen atoms in total. The Bertz CT molecular complexity index is 830. The Morgan fingerprint density at radius 3 is 2.88 bits per heavy atom. The second-order valence-corrected chi connectivity index (χ2v) is 6.82. The van der Waals surface area contributed by atoms with Crippen LogP contribution in [0.5, 0.6) is 5.75 Å². The summed E-state index contributed by atoms with van der Waals surface area (Å²) in [6, 6.07) is 6.82. The van der Waals surface area contributed by atoms with Gasteiger partial charge in [-0.05, 0) is 31.0 Å². The molecule has 4 rings (SSSR count). The number of hydroxylamine groups is 1. The topological polar surface area (TPSA) is 96.7 Å². The lowest BCUT2D eigenvalue weighted by molar-refractivity contribution is -0.138. The molecule has 136 valence electrons. The minimum absolute atomic E-state index is 0.127. The summed E-state index contributed by atoms with van der Waals surface area (Å²) >= 11 is 0. The van der Waals surface area contributed by atoms with Gasteiger partial charge in [0.15, 0.2) is 0 Å². The highest BCUT2D eigenvalue weighted by molar-refractivity contribution is 5.94. The quantitative estimate of drug-likeness (QED) is 0.634. The highest BCUT2D eigenvalue weighted by Crippen LogP contribution is 2.49. The van der Waals surface area contributed by atoms with Crippen molar-refractivity contribution in [2.75, 3.05) is 13.2 Å². The van der Waals surface area contributed by atoms with Gasteiger partial charge in [-0.3, -0.25) is 19.5 Å². The molecule has 0 radical (unpaired) electrons. The van der Waals surface area contributed by atoms with Crippen molar-refractivity contribution in [2.45, 2.75) is 25.9 Å². The van der Waals surface area contributed by atoms with Gasteiger partial charge in [0.1, 0.15) is 12.4 Å². The molecular formula is C18H20N4O4. The zero-order valence-corrected chi connectivity index (χ0v) is 14.2. The highest BCUT2D eigenvalue weighted by atomic mass is 16.5. The van der Waals surface area contributed by atoms with E-state index in [1.54, 1.807) is 29.9 Å². The largest absolute Gasteiger partial charge is 0.491 e. The van der Waals surface area contributed by atoms with Gasteiger partial charge in [0.25, 0.3) is 5.91 Å². The van der Waals surface area contributed by atoms with E-state index in [4.69, 9.17) is 9.94 Å². The molecule has 0 bridgehead atoms. The van der Waals surface area contributed by atoms with E-state index in [9.17, 15) is 9.59 Å². The van der Waals surface area contributed by atoms with E-state index < -0.39 is 5.91 Å². The second-order valence-electron chi connectivity index (χ2n) is 6.82. The minimum Gasteiger partial charge on any atom is -0.491 e. The van der Waals surface area contributed by atoms with Crippen molar-refractivity contribution >= 4 is 11.8 Å². The maximum atomic E-state index is 13.1. The number of benzene rings is 1. The van der Waals surface area contributed by atoms with Crippen LogP contribution in [0.25, 0.3) is 0 Å². The third kappa shape index (κ3) is 3.03. The van der Waals surface area contributed by atoms with Crippen LogP contribution in [0.4, 0.5) is 0 Å². The van der Waals surface area contributed by atoms with Crippen molar-refractivity contribution in [1.29, 1.82) is 0 Å². The number of hydrogen-bond acceptors (Lipinski definition) is 5. The first kappa shape index (κ1) is 16.6. The number of nitrogens with one attached hydrogen (secondary N) is 1. The summed E-state index contributed by atoms with van der Waals surface area (Å²) in [7, 11) is 0. The average molecular weight is 356 g/mol. The normalized spacial score (nSPS) is 17.7. The van der Waals surface area contributed by atoms with Gasteiger partial charge in [-0.25, -0.2) is 5.48 Å². The third-order valence-electron chi connectivity index (χ3n) is 5.03. The first-order valence-electron chi connectivity index (χ1n) is 8.58. The molecule has 1 aromatic carbocycles. The maximum Gasteiger partial charge on any atom is 0.274 e. The molecule has 0 saturated heterocycles. The van der Waals surface area contributed by atoms with Crippen molar-refractivity contribution in [3.63, 3.8) is 0 Å². The molecule has 2 N–H and O–H groups in total. The van der Waals surface area contributed by atoms with Gasteiger partial charge in [0.05, 0.1) is 18.5 Å². The van der Waals surface area contributed by atoms with Crippen molar-refractivity contribution in [3.8, 4) is 5.75 Å². The highest BCUT2D eigenvalue weighted by Gasteiger charge is 2.52. The van der Waals surface area contributed by atoms with Crippen LogP contribution >= 0.6 is 0 Å². The molecule has 8 heteroatoms. The lowest BCUT2D eigenvalue weighted by Crippen LogP contribution is -2.40. The number of ether oxygens (including phenoxy) is 1. The molecule has 0 spiro atoms. The lowest BCUT2D eigenvalue weighted by atomic mass is 10.0. The average Bonchev–Trinajstić information content (AvgIpc) is 3.32. The number of carbonyl (C=O) groups excluding carboxylic acids is 2. The van der Waals surface area contributed by atoms with Crippen LogP contribution in [0.3, 0.4) is 0 Å². The molecule has 2 aliphatic rings. The number of nitrogens with zero attached hydrogens (tertiary/aromatic N) is 3. The predicted octanol–water partition coefficient (Wildman–Crippen LogP) is 1.20. The van der Waals surface area contributed by atoms with Crippen LogP contribution < -0.4 is 10.2 Å². The first-order chi connectivity index (χ1) is 12.6. The third-order valence-corrected chi connectivity index (χ3v) is 5.03. The van der Waals surface area contributed by atoms with Gasteiger partial charge in [-0.1, -0.05) is 6.07 Å². The van der Waals surface area contributed by atoms with Crippen LogP contribution in [0.1, 0.15) is 28.8 Å². The number of aromatic nitrogens is 2. The number of rotatable bonds is 4. The van der Waals surface area contributed by atoms with E-state index >= 15 is 0 Å². The van der Waals surface area contributed by atoms with Gasteiger partial charge in [0, 0.05) is 30.1 Å². The van der Waals surface area contributed by atoms with Crippen LogP contribution in [-0.2, 0) is 17.9 Å². The summed E-state index contributed by atoms with van der Waals surface area (Å²) in [5.41, 5.74) is 2.40. The lowest BCUT2D eigenvalue weighted by Gasteiger charge is -2.25. The molecule has 26 heavy (non-hydrogen) atoms. The standard InChI is InChI=1S/C18H20N4O4/c23-16(20-25)13-2-3-14-11-21(8-9-26-15(14)10-13)17(24)18(4-5-18)12-22-7-1-6-19-22/h1-3,6-7,10,25H,4-5,8-9,11-12H2,(H,20,23).